The van der Waals surface area contributed by atoms with Crippen LogP contribution in [0.5, 0.6) is 0 Å². The van der Waals surface area contributed by atoms with Gasteiger partial charge in [0, 0.05) is 53.2 Å². The lowest BCUT2D eigenvalue weighted by molar-refractivity contribution is -0.130. The summed E-state index contributed by atoms with van der Waals surface area (Å²) in [5, 5.41) is 7.45. The Bertz CT molecular complexity index is 728. The quantitative estimate of drug-likeness (QED) is 0.383. The maximum atomic E-state index is 12.0. The van der Waals surface area contributed by atoms with Gasteiger partial charge in [0.05, 0.1) is 18.3 Å². The van der Waals surface area contributed by atoms with Gasteiger partial charge in [-0.2, -0.15) is 0 Å². The average molecular weight is 425 g/mol. The van der Waals surface area contributed by atoms with Crippen LogP contribution in [0.3, 0.4) is 0 Å². The molecule has 1 atom stereocenters. The molecule has 0 bridgehead atoms. The second-order valence-corrected chi connectivity index (χ2v) is 7.93. The average Bonchev–Trinajstić information content (AvgIpc) is 3.09. The predicted molar refractivity (Wildman–Crippen MR) is 114 cm³/mol. The van der Waals surface area contributed by atoms with Crippen LogP contribution >= 0.6 is 11.3 Å². The topological polar surface area (TPSA) is 99.2 Å². The van der Waals surface area contributed by atoms with Gasteiger partial charge in [-0.05, 0) is 20.8 Å². The molecule has 1 aliphatic heterocycles. The van der Waals surface area contributed by atoms with Crippen molar-refractivity contribution in [2.45, 2.75) is 33.7 Å². The lowest BCUT2D eigenvalue weighted by Crippen LogP contribution is -2.50. The van der Waals surface area contributed by atoms with Gasteiger partial charge >= 0.3 is 5.97 Å². The van der Waals surface area contributed by atoms with Gasteiger partial charge in [0.25, 0.3) is 0 Å². The second kappa shape index (κ2) is 11.1. The number of ether oxygens (including phenoxy) is 1. The molecule has 1 aromatic rings. The van der Waals surface area contributed by atoms with Gasteiger partial charge in [0.2, 0.25) is 5.91 Å². The fourth-order valence-corrected chi connectivity index (χ4v) is 4.03. The molecule has 2 rings (SSSR count). The molecule has 1 aromatic heterocycles. The molecule has 1 fully saturated rings. The highest BCUT2D eigenvalue weighted by molar-refractivity contribution is 7.13. The zero-order valence-electron chi connectivity index (χ0n) is 17.9. The molecule has 1 saturated heterocycles. The Labute approximate surface area is 176 Å². The summed E-state index contributed by atoms with van der Waals surface area (Å²) in [5.41, 5.74) is 0.685. The molecule has 0 aliphatic carbocycles. The van der Waals surface area contributed by atoms with Gasteiger partial charge in [0.1, 0.15) is 9.88 Å². The van der Waals surface area contributed by atoms with Crippen molar-refractivity contribution < 1.29 is 14.3 Å². The Morgan fingerprint density at radius 3 is 2.59 bits per heavy atom. The van der Waals surface area contributed by atoms with Crippen molar-refractivity contribution in [1.29, 1.82) is 0 Å². The number of aliphatic imine (C=N–C) groups is 1. The van der Waals surface area contributed by atoms with Gasteiger partial charge < -0.3 is 20.3 Å². The van der Waals surface area contributed by atoms with Crippen molar-refractivity contribution in [3.8, 4) is 0 Å². The molecular weight excluding hydrogens is 392 g/mol. The standard InChI is InChI=1S/C19H32N6O3S/c1-6-28-18(27)16-13(2)22-17(29-16)14(3)23-19(20-5)21-7-8-24-9-11-25(12-10-24)15(4)26/h14H,6-12H2,1-5H3,(H2,20,21,23). The Hall–Kier alpha value is -2.20. The number of amides is 1. The largest absolute Gasteiger partial charge is 0.462 e. The number of rotatable bonds is 7. The number of nitrogens with zero attached hydrogens (tertiary/aromatic N) is 4. The Morgan fingerprint density at radius 1 is 1.31 bits per heavy atom. The molecule has 162 valence electrons. The highest BCUT2D eigenvalue weighted by Gasteiger charge is 2.21. The van der Waals surface area contributed by atoms with E-state index < -0.39 is 0 Å². The Morgan fingerprint density at radius 2 is 2.00 bits per heavy atom. The minimum absolute atomic E-state index is 0.0906. The number of carbonyl (C=O) groups excluding carboxylic acids is 2. The molecule has 1 aliphatic rings. The van der Waals surface area contributed by atoms with Gasteiger partial charge in [0.15, 0.2) is 5.96 Å². The van der Waals surface area contributed by atoms with Crippen LogP contribution in [0.25, 0.3) is 0 Å². The fourth-order valence-electron chi connectivity index (χ4n) is 3.07. The predicted octanol–water partition coefficient (Wildman–Crippen LogP) is 1.02. The first kappa shape index (κ1) is 23.1. The van der Waals surface area contributed by atoms with Crippen molar-refractivity contribution in [1.82, 2.24) is 25.4 Å². The summed E-state index contributed by atoms with van der Waals surface area (Å²) in [5.74, 6) is 0.503. The minimum Gasteiger partial charge on any atom is -0.462 e. The zero-order valence-corrected chi connectivity index (χ0v) is 18.8. The smallest absolute Gasteiger partial charge is 0.350 e. The van der Waals surface area contributed by atoms with Gasteiger partial charge in [-0.3, -0.25) is 14.7 Å². The number of nitrogens with one attached hydrogen (secondary N) is 2. The first-order chi connectivity index (χ1) is 13.8. The van der Waals surface area contributed by atoms with Gasteiger partial charge in [-0.15, -0.1) is 11.3 Å². The van der Waals surface area contributed by atoms with Crippen LogP contribution in [0.15, 0.2) is 4.99 Å². The Kier molecular flexibility index (Phi) is 8.84. The van der Waals surface area contributed by atoms with Crippen molar-refractivity contribution in [3.05, 3.63) is 15.6 Å². The van der Waals surface area contributed by atoms with E-state index in [-0.39, 0.29) is 17.9 Å². The molecule has 2 heterocycles. The van der Waals surface area contributed by atoms with Crippen LogP contribution < -0.4 is 10.6 Å². The molecule has 1 amide bonds. The highest BCUT2D eigenvalue weighted by Crippen LogP contribution is 2.24. The van der Waals surface area contributed by atoms with Crippen LogP contribution in [0.4, 0.5) is 0 Å². The molecule has 1 unspecified atom stereocenters. The van der Waals surface area contributed by atoms with E-state index in [9.17, 15) is 9.59 Å². The molecule has 0 aromatic carbocycles. The van der Waals surface area contributed by atoms with E-state index >= 15 is 0 Å². The molecule has 0 radical (unpaired) electrons. The summed E-state index contributed by atoms with van der Waals surface area (Å²) in [4.78, 5) is 36.9. The number of hydrogen-bond acceptors (Lipinski definition) is 7. The van der Waals surface area contributed by atoms with E-state index in [4.69, 9.17) is 4.74 Å². The van der Waals surface area contributed by atoms with E-state index in [0.29, 0.717) is 23.1 Å². The van der Waals surface area contributed by atoms with Crippen LogP contribution in [0.2, 0.25) is 0 Å². The highest BCUT2D eigenvalue weighted by atomic mass is 32.1. The first-order valence-corrected chi connectivity index (χ1v) is 10.8. The summed E-state index contributed by atoms with van der Waals surface area (Å²) in [6.07, 6.45) is 0. The summed E-state index contributed by atoms with van der Waals surface area (Å²) in [6, 6.07) is -0.0906. The summed E-state index contributed by atoms with van der Waals surface area (Å²) in [6.45, 7) is 12.5. The zero-order chi connectivity index (χ0) is 21.4. The number of thiazole rings is 1. The van der Waals surface area contributed by atoms with Crippen molar-refractivity contribution in [2.75, 3.05) is 52.9 Å². The van der Waals surface area contributed by atoms with Crippen molar-refractivity contribution >= 4 is 29.2 Å². The maximum absolute atomic E-state index is 12.0. The number of aryl methyl sites for hydroxylation is 1. The normalized spacial score (nSPS) is 16.4. The van der Waals surface area contributed by atoms with Crippen molar-refractivity contribution in [3.63, 3.8) is 0 Å². The fraction of sp³-hybridized carbons (Fsp3) is 0.684. The van der Waals surface area contributed by atoms with Gasteiger partial charge in [-0.1, -0.05) is 0 Å². The monoisotopic (exact) mass is 424 g/mol. The van der Waals surface area contributed by atoms with Crippen LogP contribution in [-0.2, 0) is 9.53 Å². The summed E-state index contributed by atoms with van der Waals surface area (Å²) < 4.78 is 5.08. The van der Waals surface area contributed by atoms with Crippen LogP contribution in [0.1, 0.15) is 47.2 Å². The second-order valence-electron chi connectivity index (χ2n) is 6.90. The molecule has 0 saturated carbocycles. The van der Waals surface area contributed by atoms with E-state index in [2.05, 4.69) is 25.5 Å². The molecule has 0 spiro atoms. The van der Waals surface area contributed by atoms with E-state index in [0.717, 1.165) is 44.3 Å². The van der Waals surface area contributed by atoms with E-state index in [1.807, 2.05) is 18.7 Å². The maximum Gasteiger partial charge on any atom is 0.350 e. The molecule has 9 nitrogen and oxygen atoms in total. The number of carbonyl (C=O) groups is 2. The summed E-state index contributed by atoms with van der Waals surface area (Å²) in [7, 11) is 1.73. The SMILES string of the molecule is CCOC(=O)c1sc(C(C)NC(=NC)NCCN2CCN(C(C)=O)CC2)nc1C. The van der Waals surface area contributed by atoms with Gasteiger partial charge in [-0.25, -0.2) is 9.78 Å². The third-order valence-corrected chi connectivity index (χ3v) is 6.08. The number of guanidine groups is 1. The van der Waals surface area contributed by atoms with Crippen molar-refractivity contribution in [2.24, 2.45) is 4.99 Å². The van der Waals surface area contributed by atoms with Crippen LogP contribution in [0, 0.1) is 6.92 Å². The Balaban J connectivity index is 1.80. The van der Waals surface area contributed by atoms with Crippen LogP contribution in [-0.4, -0.2) is 85.5 Å². The van der Waals surface area contributed by atoms with E-state index in [1.165, 1.54) is 11.3 Å². The number of piperazine rings is 1. The summed E-state index contributed by atoms with van der Waals surface area (Å²) >= 11 is 1.35. The minimum atomic E-state index is -0.326. The number of esters is 1. The van der Waals surface area contributed by atoms with E-state index in [1.54, 1.807) is 20.9 Å². The number of hydrogen-bond donors (Lipinski definition) is 2. The lowest BCUT2D eigenvalue weighted by atomic mass is 10.3. The first-order valence-electron chi connectivity index (χ1n) is 9.95. The number of aromatic nitrogens is 1. The lowest BCUT2D eigenvalue weighted by Gasteiger charge is -2.34. The molecule has 29 heavy (non-hydrogen) atoms. The molecule has 10 heteroatoms. The third kappa shape index (κ3) is 6.67. The molecular formula is C19H32N6O3S. The third-order valence-electron chi connectivity index (χ3n) is 4.76. The molecule has 2 N–H and O–H groups in total.